The maximum Gasteiger partial charge on any atom is 0.224 e. The van der Waals surface area contributed by atoms with E-state index in [0.717, 1.165) is 31.2 Å². The molecule has 1 fully saturated rings. The van der Waals surface area contributed by atoms with E-state index >= 15 is 0 Å². The Kier molecular flexibility index (Phi) is 4.66. The van der Waals surface area contributed by atoms with Gasteiger partial charge in [-0.2, -0.15) is 4.98 Å². The zero-order valence-corrected chi connectivity index (χ0v) is 12.8. The Balaban J connectivity index is 1.71. The second kappa shape index (κ2) is 6.87. The molecule has 1 aliphatic rings. The van der Waals surface area contributed by atoms with Crippen LogP contribution >= 0.6 is 0 Å². The quantitative estimate of drug-likeness (QED) is 0.884. The third kappa shape index (κ3) is 4.13. The maximum atomic E-state index is 13.7. The van der Waals surface area contributed by atoms with Gasteiger partial charge in [0, 0.05) is 31.0 Å². The van der Waals surface area contributed by atoms with Gasteiger partial charge in [-0.3, -0.25) is 0 Å². The molecule has 0 aliphatic carbocycles. The van der Waals surface area contributed by atoms with Gasteiger partial charge in [-0.1, -0.05) is 0 Å². The summed E-state index contributed by atoms with van der Waals surface area (Å²) in [7, 11) is 0. The van der Waals surface area contributed by atoms with Gasteiger partial charge in [0.05, 0.1) is 11.8 Å². The van der Waals surface area contributed by atoms with Gasteiger partial charge in [0.25, 0.3) is 0 Å². The molecule has 122 valence electrons. The minimum atomic E-state index is -0.671. The molecular formula is C16H18F2N4O. The van der Waals surface area contributed by atoms with Crippen LogP contribution in [-0.2, 0) is 4.74 Å². The fourth-order valence-corrected chi connectivity index (χ4v) is 2.45. The summed E-state index contributed by atoms with van der Waals surface area (Å²) in [5, 5.41) is 5.98. The van der Waals surface area contributed by atoms with Crippen molar-refractivity contribution in [2.45, 2.75) is 25.9 Å². The van der Waals surface area contributed by atoms with Gasteiger partial charge in [-0.15, -0.1) is 0 Å². The van der Waals surface area contributed by atoms with E-state index in [0.29, 0.717) is 18.3 Å². The third-order valence-electron chi connectivity index (χ3n) is 3.56. The smallest absolute Gasteiger partial charge is 0.224 e. The number of halogens is 2. The Morgan fingerprint density at radius 2 is 2.13 bits per heavy atom. The zero-order chi connectivity index (χ0) is 16.2. The highest BCUT2D eigenvalue weighted by atomic mass is 19.1. The molecule has 7 heteroatoms. The lowest BCUT2D eigenvalue weighted by Gasteiger charge is -2.13. The molecule has 1 aliphatic heterocycles. The highest BCUT2D eigenvalue weighted by Gasteiger charge is 2.15. The Hall–Kier alpha value is -2.28. The van der Waals surface area contributed by atoms with Crippen LogP contribution in [-0.4, -0.2) is 29.2 Å². The van der Waals surface area contributed by atoms with E-state index in [1.807, 2.05) is 6.92 Å². The molecule has 1 saturated heterocycles. The maximum absolute atomic E-state index is 13.7. The van der Waals surface area contributed by atoms with Crippen molar-refractivity contribution in [2.24, 2.45) is 0 Å². The molecule has 0 amide bonds. The molecule has 0 saturated carbocycles. The number of nitrogens with one attached hydrogen (secondary N) is 2. The summed E-state index contributed by atoms with van der Waals surface area (Å²) in [6, 6.07) is 5.05. The number of ether oxygens (including phenoxy) is 1. The topological polar surface area (TPSA) is 59.1 Å². The number of nitrogens with zero attached hydrogens (tertiary/aromatic N) is 2. The number of aromatic nitrogens is 2. The van der Waals surface area contributed by atoms with Crippen molar-refractivity contribution < 1.29 is 13.5 Å². The van der Waals surface area contributed by atoms with E-state index in [-0.39, 0.29) is 11.8 Å². The van der Waals surface area contributed by atoms with E-state index in [1.165, 1.54) is 12.1 Å². The van der Waals surface area contributed by atoms with Crippen molar-refractivity contribution in [1.82, 2.24) is 9.97 Å². The molecule has 2 heterocycles. The van der Waals surface area contributed by atoms with Crippen molar-refractivity contribution in [2.75, 3.05) is 23.8 Å². The van der Waals surface area contributed by atoms with Gasteiger partial charge in [-0.25, -0.2) is 13.8 Å². The molecule has 2 N–H and O–H groups in total. The van der Waals surface area contributed by atoms with Crippen LogP contribution in [0.4, 0.5) is 26.2 Å². The van der Waals surface area contributed by atoms with Gasteiger partial charge < -0.3 is 15.4 Å². The molecule has 1 atom stereocenters. The second-order valence-electron chi connectivity index (χ2n) is 5.48. The fourth-order valence-electron chi connectivity index (χ4n) is 2.45. The normalized spacial score (nSPS) is 17.3. The lowest BCUT2D eigenvalue weighted by atomic mass is 10.2. The Labute approximate surface area is 133 Å². The predicted octanol–water partition coefficient (Wildman–Crippen LogP) is 3.40. The molecule has 0 radical (unpaired) electrons. The first-order chi connectivity index (χ1) is 11.1. The molecule has 3 rings (SSSR count). The SMILES string of the molecule is Cc1cc(Nc2ccc(F)cc2F)nc(NCC2CCCO2)n1. The molecular weight excluding hydrogens is 302 g/mol. The number of aryl methyl sites for hydroxylation is 1. The summed E-state index contributed by atoms with van der Waals surface area (Å²) in [5.74, 6) is -0.399. The van der Waals surface area contributed by atoms with E-state index in [4.69, 9.17) is 4.74 Å². The summed E-state index contributed by atoms with van der Waals surface area (Å²) < 4.78 is 32.2. The fraction of sp³-hybridized carbons (Fsp3) is 0.375. The van der Waals surface area contributed by atoms with Crippen LogP contribution in [0.5, 0.6) is 0 Å². The number of hydrogen-bond donors (Lipinski definition) is 2. The zero-order valence-electron chi connectivity index (χ0n) is 12.8. The van der Waals surface area contributed by atoms with Crippen LogP contribution in [0, 0.1) is 18.6 Å². The van der Waals surface area contributed by atoms with Crippen LogP contribution in [0.1, 0.15) is 18.5 Å². The first-order valence-electron chi connectivity index (χ1n) is 7.53. The van der Waals surface area contributed by atoms with Gasteiger partial charge in [0.2, 0.25) is 5.95 Å². The average Bonchev–Trinajstić information content (AvgIpc) is 3.01. The molecule has 2 aromatic rings. The van der Waals surface area contributed by atoms with Gasteiger partial charge in [0.1, 0.15) is 17.5 Å². The molecule has 23 heavy (non-hydrogen) atoms. The Bertz CT molecular complexity index is 690. The second-order valence-corrected chi connectivity index (χ2v) is 5.48. The molecule has 0 bridgehead atoms. The largest absolute Gasteiger partial charge is 0.376 e. The minimum Gasteiger partial charge on any atom is -0.376 e. The molecule has 0 spiro atoms. The van der Waals surface area contributed by atoms with Crippen molar-refractivity contribution in [3.05, 3.63) is 41.6 Å². The summed E-state index contributed by atoms with van der Waals surface area (Å²) in [4.78, 5) is 8.61. The number of rotatable bonds is 5. The molecule has 1 unspecified atom stereocenters. The highest BCUT2D eigenvalue weighted by Crippen LogP contribution is 2.21. The highest BCUT2D eigenvalue weighted by molar-refractivity contribution is 5.58. The monoisotopic (exact) mass is 320 g/mol. The van der Waals surface area contributed by atoms with Crippen LogP contribution in [0.3, 0.4) is 0 Å². The van der Waals surface area contributed by atoms with Crippen molar-refractivity contribution in [3.63, 3.8) is 0 Å². The van der Waals surface area contributed by atoms with Crippen molar-refractivity contribution >= 4 is 17.5 Å². The lowest BCUT2D eigenvalue weighted by Crippen LogP contribution is -2.20. The minimum absolute atomic E-state index is 0.162. The third-order valence-corrected chi connectivity index (χ3v) is 3.56. The number of benzene rings is 1. The Morgan fingerprint density at radius 1 is 1.26 bits per heavy atom. The molecule has 1 aromatic heterocycles. The van der Waals surface area contributed by atoms with Crippen LogP contribution < -0.4 is 10.6 Å². The predicted molar refractivity (Wildman–Crippen MR) is 83.9 cm³/mol. The summed E-state index contributed by atoms with van der Waals surface area (Å²) in [6.07, 6.45) is 2.26. The van der Waals surface area contributed by atoms with Gasteiger partial charge >= 0.3 is 0 Å². The first-order valence-corrected chi connectivity index (χ1v) is 7.53. The van der Waals surface area contributed by atoms with E-state index in [1.54, 1.807) is 6.07 Å². The molecule has 1 aromatic carbocycles. The van der Waals surface area contributed by atoms with Gasteiger partial charge in [0.15, 0.2) is 0 Å². The Morgan fingerprint density at radius 3 is 2.87 bits per heavy atom. The van der Waals surface area contributed by atoms with Crippen molar-refractivity contribution in [1.29, 1.82) is 0 Å². The van der Waals surface area contributed by atoms with Crippen LogP contribution in [0.2, 0.25) is 0 Å². The van der Waals surface area contributed by atoms with E-state index < -0.39 is 11.6 Å². The lowest BCUT2D eigenvalue weighted by molar-refractivity contribution is 0.120. The van der Waals surface area contributed by atoms with Crippen molar-refractivity contribution in [3.8, 4) is 0 Å². The summed E-state index contributed by atoms with van der Waals surface area (Å²) in [5.41, 5.74) is 0.898. The standard InChI is InChI=1S/C16H18F2N4O/c1-10-7-15(21-14-5-4-11(17)8-13(14)18)22-16(20-10)19-9-12-3-2-6-23-12/h4-5,7-8,12H,2-3,6,9H2,1H3,(H2,19,20,21,22). The van der Waals surface area contributed by atoms with Crippen LogP contribution in [0.25, 0.3) is 0 Å². The van der Waals surface area contributed by atoms with E-state index in [2.05, 4.69) is 20.6 Å². The number of anilines is 3. The summed E-state index contributed by atoms with van der Waals surface area (Å²) in [6.45, 7) is 3.25. The van der Waals surface area contributed by atoms with E-state index in [9.17, 15) is 8.78 Å². The van der Waals surface area contributed by atoms with Gasteiger partial charge in [-0.05, 0) is 31.9 Å². The first kappa shape index (κ1) is 15.6. The summed E-state index contributed by atoms with van der Waals surface area (Å²) >= 11 is 0. The molecule has 5 nitrogen and oxygen atoms in total. The number of hydrogen-bond acceptors (Lipinski definition) is 5. The van der Waals surface area contributed by atoms with Crippen LogP contribution in [0.15, 0.2) is 24.3 Å². The average molecular weight is 320 g/mol.